The van der Waals surface area contributed by atoms with Crippen LogP contribution in [-0.4, -0.2) is 25.9 Å². The summed E-state index contributed by atoms with van der Waals surface area (Å²) in [5.41, 5.74) is 7.21. The number of anilines is 2. The van der Waals surface area contributed by atoms with Crippen LogP contribution in [0.3, 0.4) is 0 Å². The standard InChI is InChI=1S/C12H18N6OS/c1-6(2)5-8-15-16-12(20-8)14-11(19)10-9(13)7(3)17-18(10)4/h6H,5,13H2,1-4H3,(H,14,16,19). The van der Waals surface area contributed by atoms with E-state index in [0.29, 0.717) is 28.1 Å². The zero-order chi connectivity index (χ0) is 14.9. The fourth-order valence-corrected chi connectivity index (χ4v) is 2.78. The molecule has 0 bridgehead atoms. The van der Waals surface area contributed by atoms with Gasteiger partial charge in [-0.1, -0.05) is 25.2 Å². The first-order valence-corrected chi connectivity index (χ1v) is 7.13. The van der Waals surface area contributed by atoms with Crippen LogP contribution < -0.4 is 11.1 Å². The molecular formula is C12H18N6OS. The van der Waals surface area contributed by atoms with Crippen LogP contribution >= 0.6 is 11.3 Å². The number of nitrogens with two attached hydrogens (primary N) is 1. The maximum Gasteiger partial charge on any atom is 0.277 e. The number of nitrogen functional groups attached to an aromatic ring is 1. The van der Waals surface area contributed by atoms with Crippen LogP contribution in [0.25, 0.3) is 0 Å². The van der Waals surface area contributed by atoms with Crippen molar-refractivity contribution >= 4 is 28.1 Å². The van der Waals surface area contributed by atoms with Crippen molar-refractivity contribution in [2.24, 2.45) is 13.0 Å². The Morgan fingerprint density at radius 3 is 2.70 bits per heavy atom. The lowest BCUT2D eigenvalue weighted by atomic mass is 10.1. The van der Waals surface area contributed by atoms with Gasteiger partial charge in [0.05, 0.1) is 11.4 Å². The fourth-order valence-electron chi connectivity index (χ4n) is 1.84. The van der Waals surface area contributed by atoms with Gasteiger partial charge in [-0.2, -0.15) is 5.10 Å². The molecule has 3 N–H and O–H groups in total. The number of nitrogens with one attached hydrogen (secondary N) is 1. The largest absolute Gasteiger partial charge is 0.395 e. The predicted molar refractivity (Wildman–Crippen MR) is 78.8 cm³/mol. The number of carbonyl (C=O) groups is 1. The average Bonchev–Trinajstić information content (AvgIpc) is 2.84. The summed E-state index contributed by atoms with van der Waals surface area (Å²) < 4.78 is 1.47. The first-order chi connectivity index (χ1) is 9.38. The molecule has 0 aliphatic carbocycles. The minimum atomic E-state index is -0.321. The van der Waals surface area contributed by atoms with Gasteiger partial charge in [0.15, 0.2) is 0 Å². The molecule has 2 rings (SSSR count). The van der Waals surface area contributed by atoms with E-state index in [4.69, 9.17) is 5.73 Å². The zero-order valence-electron chi connectivity index (χ0n) is 12.0. The molecule has 0 atom stereocenters. The van der Waals surface area contributed by atoms with Gasteiger partial charge in [-0.05, 0) is 12.8 Å². The zero-order valence-corrected chi connectivity index (χ0v) is 12.8. The summed E-state index contributed by atoms with van der Waals surface area (Å²) in [6, 6.07) is 0. The van der Waals surface area contributed by atoms with Crippen molar-refractivity contribution in [3.8, 4) is 0 Å². The Bertz CT molecular complexity index is 630. The van der Waals surface area contributed by atoms with Gasteiger partial charge >= 0.3 is 0 Å². The molecule has 20 heavy (non-hydrogen) atoms. The summed E-state index contributed by atoms with van der Waals surface area (Å²) in [6.45, 7) is 5.98. The molecule has 0 aliphatic heterocycles. The Morgan fingerprint density at radius 2 is 2.15 bits per heavy atom. The topological polar surface area (TPSA) is 98.7 Å². The summed E-state index contributed by atoms with van der Waals surface area (Å²) in [5, 5.41) is 16.2. The van der Waals surface area contributed by atoms with E-state index in [1.54, 1.807) is 14.0 Å². The molecule has 2 aromatic rings. The highest BCUT2D eigenvalue weighted by Crippen LogP contribution is 2.21. The van der Waals surface area contributed by atoms with Crippen LogP contribution in [0.15, 0.2) is 0 Å². The van der Waals surface area contributed by atoms with Gasteiger partial charge in [-0.3, -0.25) is 14.8 Å². The number of amides is 1. The van der Waals surface area contributed by atoms with Crippen molar-refractivity contribution in [1.82, 2.24) is 20.0 Å². The Hall–Kier alpha value is -1.96. The lowest BCUT2D eigenvalue weighted by Crippen LogP contribution is -2.17. The number of hydrogen-bond donors (Lipinski definition) is 2. The van der Waals surface area contributed by atoms with E-state index in [1.165, 1.54) is 16.0 Å². The number of aromatic nitrogens is 4. The molecule has 0 radical (unpaired) electrons. The van der Waals surface area contributed by atoms with Crippen molar-refractivity contribution in [2.45, 2.75) is 27.2 Å². The number of carbonyl (C=O) groups excluding carboxylic acids is 1. The van der Waals surface area contributed by atoms with Crippen molar-refractivity contribution in [2.75, 3.05) is 11.1 Å². The second-order valence-electron chi connectivity index (χ2n) is 5.02. The second kappa shape index (κ2) is 5.58. The van der Waals surface area contributed by atoms with E-state index in [9.17, 15) is 4.79 Å². The maximum atomic E-state index is 12.2. The highest BCUT2D eigenvalue weighted by molar-refractivity contribution is 7.15. The Labute approximate surface area is 121 Å². The van der Waals surface area contributed by atoms with Crippen LogP contribution in [0.5, 0.6) is 0 Å². The molecule has 2 heterocycles. The number of aryl methyl sites for hydroxylation is 2. The SMILES string of the molecule is Cc1nn(C)c(C(=O)Nc2nnc(CC(C)C)s2)c1N. The maximum absolute atomic E-state index is 12.2. The second-order valence-corrected chi connectivity index (χ2v) is 6.09. The number of nitrogens with zero attached hydrogens (tertiary/aromatic N) is 4. The molecule has 0 fully saturated rings. The molecule has 1 amide bonds. The summed E-state index contributed by atoms with van der Waals surface area (Å²) in [4.78, 5) is 12.2. The van der Waals surface area contributed by atoms with Crippen molar-refractivity contribution in [3.63, 3.8) is 0 Å². The molecule has 8 heteroatoms. The third-order valence-electron chi connectivity index (χ3n) is 2.75. The minimum Gasteiger partial charge on any atom is -0.395 e. The third kappa shape index (κ3) is 2.96. The monoisotopic (exact) mass is 294 g/mol. The van der Waals surface area contributed by atoms with Crippen molar-refractivity contribution in [1.29, 1.82) is 0 Å². The van der Waals surface area contributed by atoms with Gasteiger partial charge in [-0.15, -0.1) is 10.2 Å². The predicted octanol–water partition coefficient (Wildman–Crippen LogP) is 1.61. The smallest absolute Gasteiger partial charge is 0.277 e. The minimum absolute atomic E-state index is 0.321. The molecule has 0 saturated carbocycles. The van der Waals surface area contributed by atoms with Crippen molar-refractivity contribution in [3.05, 3.63) is 16.4 Å². The van der Waals surface area contributed by atoms with Gasteiger partial charge in [-0.25, -0.2) is 0 Å². The van der Waals surface area contributed by atoms with Gasteiger partial charge in [0.25, 0.3) is 5.91 Å². The molecule has 108 valence electrons. The first-order valence-electron chi connectivity index (χ1n) is 6.31. The lowest BCUT2D eigenvalue weighted by molar-refractivity contribution is 0.101. The van der Waals surface area contributed by atoms with Gasteiger partial charge in [0.1, 0.15) is 10.7 Å². The van der Waals surface area contributed by atoms with E-state index < -0.39 is 0 Å². The molecule has 0 aliphatic rings. The molecule has 0 saturated heterocycles. The number of hydrogen-bond acceptors (Lipinski definition) is 6. The van der Waals surface area contributed by atoms with Gasteiger partial charge < -0.3 is 5.73 Å². The molecule has 7 nitrogen and oxygen atoms in total. The first kappa shape index (κ1) is 14.4. The normalized spacial score (nSPS) is 11.1. The molecule has 2 aromatic heterocycles. The van der Waals surface area contributed by atoms with E-state index in [1.807, 2.05) is 0 Å². The molecule has 0 aromatic carbocycles. The van der Waals surface area contributed by atoms with Crippen molar-refractivity contribution < 1.29 is 4.79 Å². The summed E-state index contributed by atoms with van der Waals surface area (Å²) in [7, 11) is 1.68. The summed E-state index contributed by atoms with van der Waals surface area (Å²) in [5.74, 6) is 0.180. The highest BCUT2D eigenvalue weighted by Gasteiger charge is 2.19. The summed E-state index contributed by atoms with van der Waals surface area (Å²) >= 11 is 1.38. The van der Waals surface area contributed by atoms with Crippen LogP contribution in [0.2, 0.25) is 0 Å². The van der Waals surface area contributed by atoms with E-state index in [2.05, 4.69) is 34.5 Å². The van der Waals surface area contributed by atoms with Gasteiger partial charge in [0, 0.05) is 13.5 Å². The average molecular weight is 294 g/mol. The van der Waals surface area contributed by atoms with Gasteiger partial charge in [0.2, 0.25) is 5.13 Å². The van der Waals surface area contributed by atoms with Crippen LogP contribution in [0.1, 0.15) is 35.0 Å². The Balaban J connectivity index is 2.13. The van der Waals surface area contributed by atoms with E-state index in [-0.39, 0.29) is 5.91 Å². The van der Waals surface area contributed by atoms with E-state index >= 15 is 0 Å². The van der Waals surface area contributed by atoms with Crippen LogP contribution in [0, 0.1) is 12.8 Å². The lowest BCUT2D eigenvalue weighted by Gasteiger charge is -2.02. The molecule has 0 spiro atoms. The fraction of sp³-hybridized carbons (Fsp3) is 0.500. The summed E-state index contributed by atoms with van der Waals surface area (Å²) in [6.07, 6.45) is 0.848. The van der Waals surface area contributed by atoms with Crippen LogP contribution in [0.4, 0.5) is 10.8 Å². The molecular weight excluding hydrogens is 276 g/mol. The highest BCUT2D eigenvalue weighted by atomic mass is 32.1. The Morgan fingerprint density at radius 1 is 1.45 bits per heavy atom. The third-order valence-corrected chi connectivity index (χ3v) is 3.61. The van der Waals surface area contributed by atoms with E-state index in [0.717, 1.165) is 11.4 Å². The number of rotatable bonds is 4. The van der Waals surface area contributed by atoms with Crippen LogP contribution in [-0.2, 0) is 13.5 Å². The molecule has 0 unspecified atom stereocenters. The Kier molecular flexibility index (Phi) is 4.03. The quantitative estimate of drug-likeness (QED) is 0.892.